The van der Waals surface area contributed by atoms with E-state index in [-0.39, 0.29) is 0 Å². The van der Waals surface area contributed by atoms with Gasteiger partial charge in [-0.25, -0.2) is 8.78 Å². The summed E-state index contributed by atoms with van der Waals surface area (Å²) in [5.74, 6) is -1.74. The highest BCUT2D eigenvalue weighted by molar-refractivity contribution is 6.31. The Balaban J connectivity index is 2.14. The van der Waals surface area contributed by atoms with Gasteiger partial charge in [0, 0.05) is 18.8 Å². The molecule has 0 saturated carbocycles. The van der Waals surface area contributed by atoms with Crippen LogP contribution in [0, 0.1) is 11.6 Å². The van der Waals surface area contributed by atoms with Crippen molar-refractivity contribution in [2.75, 3.05) is 5.32 Å². The normalized spacial score (nSPS) is 10.8. The maximum absolute atomic E-state index is 13.1. The van der Waals surface area contributed by atoms with E-state index in [0.29, 0.717) is 17.3 Å². The molecule has 0 radical (unpaired) electrons. The molecule has 1 aromatic heterocycles. The number of hydrogen-bond acceptors (Lipinski definition) is 2. The first-order valence-corrected chi connectivity index (χ1v) is 6.30. The average Bonchev–Trinajstić information content (AvgIpc) is 2.66. The summed E-state index contributed by atoms with van der Waals surface area (Å²) in [4.78, 5) is 0. The molecule has 0 aliphatic heterocycles. The number of aryl methyl sites for hydroxylation is 2. The predicted molar refractivity (Wildman–Crippen MR) is 71.3 cm³/mol. The van der Waals surface area contributed by atoms with E-state index >= 15 is 0 Å². The molecule has 3 nitrogen and oxygen atoms in total. The number of rotatable bonds is 4. The Morgan fingerprint density at radius 2 is 2.05 bits per heavy atom. The molecule has 0 spiro atoms. The van der Waals surface area contributed by atoms with Crippen molar-refractivity contribution in [3.8, 4) is 0 Å². The Morgan fingerprint density at radius 3 is 2.63 bits per heavy atom. The number of benzene rings is 1. The van der Waals surface area contributed by atoms with E-state index < -0.39 is 11.6 Å². The van der Waals surface area contributed by atoms with Crippen LogP contribution in [-0.4, -0.2) is 9.78 Å². The van der Waals surface area contributed by atoms with Gasteiger partial charge in [0.25, 0.3) is 0 Å². The fourth-order valence-corrected chi connectivity index (χ4v) is 2.16. The SMILES string of the molecule is CCc1nn(C)c(CNc2ccc(F)c(F)c2)c1Cl. The molecule has 1 N–H and O–H groups in total. The number of nitrogens with zero attached hydrogens (tertiary/aromatic N) is 2. The Morgan fingerprint density at radius 1 is 1.32 bits per heavy atom. The molecule has 1 aromatic carbocycles. The topological polar surface area (TPSA) is 29.9 Å². The van der Waals surface area contributed by atoms with Gasteiger partial charge in [-0.3, -0.25) is 4.68 Å². The largest absolute Gasteiger partial charge is 0.379 e. The zero-order valence-corrected chi connectivity index (χ0v) is 11.4. The summed E-state index contributed by atoms with van der Waals surface area (Å²) in [5, 5.41) is 7.89. The van der Waals surface area contributed by atoms with Gasteiger partial charge in [0.1, 0.15) is 0 Å². The van der Waals surface area contributed by atoms with Crippen molar-refractivity contribution in [2.24, 2.45) is 7.05 Å². The van der Waals surface area contributed by atoms with Crippen molar-refractivity contribution in [3.05, 3.63) is 46.2 Å². The molecular weight excluding hydrogens is 272 g/mol. The molecule has 0 amide bonds. The van der Waals surface area contributed by atoms with Gasteiger partial charge in [-0.2, -0.15) is 5.10 Å². The van der Waals surface area contributed by atoms with Crippen LogP contribution in [0.4, 0.5) is 14.5 Å². The van der Waals surface area contributed by atoms with Gasteiger partial charge in [0.15, 0.2) is 11.6 Å². The van der Waals surface area contributed by atoms with Crippen LogP contribution in [0.15, 0.2) is 18.2 Å². The summed E-state index contributed by atoms with van der Waals surface area (Å²) < 4.78 is 27.6. The number of aromatic nitrogens is 2. The number of halogens is 3. The molecule has 0 bridgehead atoms. The predicted octanol–water partition coefficient (Wildman–Crippen LogP) is 3.53. The Labute approximate surface area is 115 Å². The molecule has 0 atom stereocenters. The van der Waals surface area contributed by atoms with Gasteiger partial charge in [0.2, 0.25) is 0 Å². The molecule has 1 heterocycles. The molecule has 19 heavy (non-hydrogen) atoms. The lowest BCUT2D eigenvalue weighted by molar-refractivity contribution is 0.509. The van der Waals surface area contributed by atoms with E-state index in [2.05, 4.69) is 10.4 Å². The zero-order valence-electron chi connectivity index (χ0n) is 10.7. The highest BCUT2D eigenvalue weighted by atomic mass is 35.5. The maximum atomic E-state index is 13.1. The van der Waals surface area contributed by atoms with Gasteiger partial charge >= 0.3 is 0 Å². The lowest BCUT2D eigenvalue weighted by atomic mass is 10.2. The first kappa shape index (κ1) is 13.8. The molecule has 0 unspecified atom stereocenters. The molecule has 0 saturated heterocycles. The third-order valence-electron chi connectivity index (χ3n) is 2.88. The molecule has 0 aliphatic rings. The van der Waals surface area contributed by atoms with Crippen LogP contribution in [0.25, 0.3) is 0 Å². The van der Waals surface area contributed by atoms with Gasteiger partial charge in [-0.05, 0) is 18.6 Å². The zero-order chi connectivity index (χ0) is 14.0. The second-order valence-corrected chi connectivity index (χ2v) is 4.54. The molecule has 102 valence electrons. The highest BCUT2D eigenvalue weighted by Crippen LogP contribution is 2.22. The van der Waals surface area contributed by atoms with Gasteiger partial charge < -0.3 is 5.32 Å². The third kappa shape index (κ3) is 2.87. The number of nitrogens with one attached hydrogen (secondary N) is 1. The minimum absolute atomic E-state index is 0.396. The quantitative estimate of drug-likeness (QED) is 0.931. The average molecular weight is 286 g/mol. The van der Waals surface area contributed by atoms with Crippen LogP contribution < -0.4 is 5.32 Å². The summed E-state index contributed by atoms with van der Waals surface area (Å²) in [6, 6.07) is 3.67. The second kappa shape index (κ2) is 5.57. The Bertz CT molecular complexity index is 596. The van der Waals surface area contributed by atoms with Crippen LogP contribution >= 0.6 is 11.6 Å². The Hall–Kier alpha value is -1.62. The van der Waals surface area contributed by atoms with E-state index in [1.807, 2.05) is 6.92 Å². The Kier molecular flexibility index (Phi) is 4.04. The lowest BCUT2D eigenvalue weighted by Gasteiger charge is -2.07. The summed E-state index contributed by atoms with van der Waals surface area (Å²) in [5.41, 5.74) is 2.13. The fourth-order valence-electron chi connectivity index (χ4n) is 1.80. The maximum Gasteiger partial charge on any atom is 0.160 e. The minimum atomic E-state index is -0.879. The molecule has 0 fully saturated rings. The summed E-state index contributed by atoms with van der Waals surface area (Å²) in [7, 11) is 1.80. The molecule has 2 rings (SSSR count). The first-order chi connectivity index (χ1) is 9.02. The minimum Gasteiger partial charge on any atom is -0.379 e. The summed E-state index contributed by atoms with van der Waals surface area (Å²) >= 11 is 6.20. The molecule has 0 aliphatic carbocycles. The van der Waals surface area contributed by atoms with Crippen molar-refractivity contribution in [2.45, 2.75) is 19.9 Å². The molecule has 2 aromatic rings. The fraction of sp³-hybridized carbons (Fsp3) is 0.308. The van der Waals surface area contributed by atoms with Crippen LogP contribution in [0.2, 0.25) is 5.02 Å². The van der Waals surface area contributed by atoms with Gasteiger partial charge in [-0.1, -0.05) is 18.5 Å². The van der Waals surface area contributed by atoms with Gasteiger partial charge in [0.05, 0.1) is 23.0 Å². The monoisotopic (exact) mass is 285 g/mol. The van der Waals surface area contributed by atoms with Crippen molar-refractivity contribution in [3.63, 3.8) is 0 Å². The van der Waals surface area contributed by atoms with Crippen molar-refractivity contribution < 1.29 is 8.78 Å². The molecule has 6 heteroatoms. The number of anilines is 1. The first-order valence-electron chi connectivity index (χ1n) is 5.92. The summed E-state index contributed by atoms with van der Waals surface area (Å²) in [6.07, 6.45) is 0.748. The van der Waals surface area contributed by atoms with E-state index in [1.165, 1.54) is 6.07 Å². The highest BCUT2D eigenvalue weighted by Gasteiger charge is 2.12. The smallest absolute Gasteiger partial charge is 0.160 e. The van der Waals surface area contributed by atoms with E-state index in [1.54, 1.807) is 11.7 Å². The second-order valence-electron chi connectivity index (χ2n) is 4.17. The van der Waals surface area contributed by atoms with E-state index in [0.717, 1.165) is 29.9 Å². The standard InChI is InChI=1S/C13H14ClF2N3/c1-3-11-13(14)12(19(2)18-11)7-17-8-4-5-9(15)10(16)6-8/h4-6,17H,3,7H2,1-2H3. The van der Waals surface area contributed by atoms with Crippen molar-refractivity contribution in [1.82, 2.24) is 9.78 Å². The third-order valence-corrected chi connectivity index (χ3v) is 3.32. The van der Waals surface area contributed by atoms with E-state index in [4.69, 9.17) is 11.6 Å². The summed E-state index contributed by atoms with van der Waals surface area (Å²) in [6.45, 7) is 2.37. The van der Waals surface area contributed by atoms with E-state index in [9.17, 15) is 8.78 Å². The molecular formula is C13H14ClF2N3. The van der Waals surface area contributed by atoms with Crippen LogP contribution in [-0.2, 0) is 20.0 Å². The lowest BCUT2D eigenvalue weighted by Crippen LogP contribution is -2.06. The van der Waals surface area contributed by atoms with Gasteiger partial charge in [-0.15, -0.1) is 0 Å². The van der Waals surface area contributed by atoms with Crippen LogP contribution in [0.3, 0.4) is 0 Å². The van der Waals surface area contributed by atoms with Crippen LogP contribution in [0.5, 0.6) is 0 Å². The van der Waals surface area contributed by atoms with Crippen LogP contribution in [0.1, 0.15) is 18.3 Å². The van der Waals surface area contributed by atoms with Crippen molar-refractivity contribution in [1.29, 1.82) is 0 Å². The van der Waals surface area contributed by atoms with Crippen molar-refractivity contribution >= 4 is 17.3 Å². The number of hydrogen-bond donors (Lipinski definition) is 1.